The van der Waals surface area contributed by atoms with Crippen LogP contribution >= 0.6 is 23.2 Å². The Morgan fingerprint density at radius 1 is 0.833 bits per heavy atom. The Kier molecular flexibility index (Phi) is 8.03. The highest BCUT2D eigenvalue weighted by Crippen LogP contribution is 2.01. The lowest BCUT2D eigenvalue weighted by Gasteiger charge is -1.92. The minimum absolute atomic E-state index is 0.712. The Balaban J connectivity index is 0.000000180. The van der Waals surface area contributed by atoms with Crippen molar-refractivity contribution in [3.63, 3.8) is 0 Å². The van der Waals surface area contributed by atoms with E-state index in [0.717, 1.165) is 12.0 Å². The third-order valence-corrected chi connectivity index (χ3v) is 2.60. The third-order valence-electron chi connectivity index (χ3n) is 2.28. The molecular weight excluding hydrogens is 263 g/mol. The van der Waals surface area contributed by atoms with Crippen molar-refractivity contribution in [1.29, 1.82) is 0 Å². The summed E-state index contributed by atoms with van der Waals surface area (Å²) in [5, 5.41) is 0. The summed E-state index contributed by atoms with van der Waals surface area (Å²) < 4.78 is 0. The van der Waals surface area contributed by atoms with E-state index in [4.69, 9.17) is 23.2 Å². The fourth-order valence-electron chi connectivity index (χ4n) is 1.39. The van der Waals surface area contributed by atoms with Crippen LogP contribution in [-0.2, 0) is 6.42 Å². The third kappa shape index (κ3) is 6.48. The predicted molar refractivity (Wildman–Crippen MR) is 82.2 cm³/mol. The van der Waals surface area contributed by atoms with Gasteiger partial charge in [0, 0.05) is 11.4 Å². The summed E-state index contributed by atoms with van der Waals surface area (Å²) in [5.74, 6) is 0.712. The average molecular weight is 279 g/mol. The van der Waals surface area contributed by atoms with E-state index in [0.29, 0.717) is 5.88 Å². The fraction of sp³-hybridized carbons (Fsp3) is 0.125. The number of hydrogen-bond donors (Lipinski definition) is 0. The van der Waals surface area contributed by atoms with Gasteiger partial charge in [-0.3, -0.25) is 0 Å². The molecule has 0 saturated carbocycles. The van der Waals surface area contributed by atoms with Crippen LogP contribution in [0.4, 0.5) is 0 Å². The minimum Gasteiger partial charge on any atom is -0.126 e. The van der Waals surface area contributed by atoms with E-state index in [1.54, 1.807) is 0 Å². The smallest absolute Gasteiger partial charge is 0.0263 e. The topological polar surface area (TPSA) is 0 Å². The predicted octanol–water partition coefficient (Wildman–Crippen LogP) is 5.36. The zero-order valence-corrected chi connectivity index (χ0v) is 11.6. The first-order valence-corrected chi connectivity index (χ1v) is 6.75. The standard InChI is InChI=1S/C8H9Cl.C8H7Cl/c2*9-7-6-8-4-2-1-3-5-8/h1-5H,6-7H2;1-7H. The summed E-state index contributed by atoms with van der Waals surface area (Å²) in [6, 6.07) is 20.2. The van der Waals surface area contributed by atoms with E-state index in [9.17, 15) is 0 Å². The zero-order valence-electron chi connectivity index (χ0n) is 10.1. The second kappa shape index (κ2) is 9.76. The van der Waals surface area contributed by atoms with Gasteiger partial charge in [0.1, 0.15) is 0 Å². The van der Waals surface area contributed by atoms with Gasteiger partial charge in [-0.1, -0.05) is 72.3 Å². The van der Waals surface area contributed by atoms with Gasteiger partial charge in [-0.2, -0.15) is 0 Å². The molecule has 0 heterocycles. The number of alkyl halides is 1. The lowest BCUT2D eigenvalue weighted by atomic mass is 10.2. The number of rotatable bonds is 3. The summed E-state index contributed by atoms with van der Waals surface area (Å²) in [4.78, 5) is 0. The Morgan fingerprint density at radius 3 is 1.89 bits per heavy atom. The molecule has 0 saturated heterocycles. The molecule has 94 valence electrons. The molecule has 0 nitrogen and oxygen atoms in total. The van der Waals surface area contributed by atoms with Crippen LogP contribution in [-0.4, -0.2) is 5.88 Å². The van der Waals surface area contributed by atoms with Crippen LogP contribution in [0.5, 0.6) is 0 Å². The molecule has 2 aromatic rings. The molecule has 0 aliphatic rings. The van der Waals surface area contributed by atoms with Crippen LogP contribution < -0.4 is 0 Å². The van der Waals surface area contributed by atoms with Crippen LogP contribution in [0.3, 0.4) is 0 Å². The van der Waals surface area contributed by atoms with Crippen molar-refractivity contribution < 1.29 is 0 Å². The maximum Gasteiger partial charge on any atom is 0.0263 e. The van der Waals surface area contributed by atoms with Gasteiger partial charge < -0.3 is 0 Å². The molecule has 0 amide bonds. The first-order valence-electron chi connectivity index (χ1n) is 5.78. The summed E-state index contributed by atoms with van der Waals surface area (Å²) in [6.07, 6.45) is 2.82. The number of benzene rings is 2. The second-order valence-corrected chi connectivity index (χ2v) is 4.26. The Morgan fingerprint density at radius 2 is 1.39 bits per heavy atom. The van der Waals surface area contributed by atoms with Crippen molar-refractivity contribution in [1.82, 2.24) is 0 Å². The maximum atomic E-state index is 5.54. The number of aryl methyl sites for hydroxylation is 1. The molecular formula is C16H16Cl2. The number of halogens is 2. The van der Waals surface area contributed by atoms with Crippen LogP contribution in [0.1, 0.15) is 11.1 Å². The molecule has 0 aliphatic heterocycles. The van der Waals surface area contributed by atoms with E-state index in [1.165, 1.54) is 11.1 Å². The van der Waals surface area contributed by atoms with E-state index < -0.39 is 0 Å². The molecule has 0 bridgehead atoms. The molecule has 0 unspecified atom stereocenters. The van der Waals surface area contributed by atoms with Gasteiger partial charge in [-0.05, 0) is 23.6 Å². The summed E-state index contributed by atoms with van der Waals surface area (Å²) in [5.41, 5.74) is 3.95. The molecule has 18 heavy (non-hydrogen) atoms. The van der Waals surface area contributed by atoms with E-state index in [-0.39, 0.29) is 0 Å². The molecule has 0 N–H and O–H groups in total. The fourth-order valence-corrected chi connectivity index (χ4v) is 1.75. The van der Waals surface area contributed by atoms with Crippen LogP contribution in [0.15, 0.2) is 66.2 Å². The van der Waals surface area contributed by atoms with E-state index in [1.807, 2.05) is 54.6 Å². The molecule has 0 aliphatic carbocycles. The van der Waals surface area contributed by atoms with Crippen molar-refractivity contribution in [2.45, 2.75) is 6.42 Å². The lowest BCUT2D eigenvalue weighted by molar-refractivity contribution is 1.15. The lowest BCUT2D eigenvalue weighted by Crippen LogP contribution is -1.82. The first kappa shape index (κ1) is 14.8. The molecule has 2 heteroatoms. The molecule has 2 rings (SSSR count). The van der Waals surface area contributed by atoms with E-state index >= 15 is 0 Å². The Bertz CT molecular complexity index is 435. The van der Waals surface area contributed by atoms with E-state index in [2.05, 4.69) is 12.1 Å². The van der Waals surface area contributed by atoms with Crippen LogP contribution in [0.2, 0.25) is 0 Å². The Hall–Kier alpha value is -1.24. The molecule has 0 radical (unpaired) electrons. The van der Waals surface area contributed by atoms with Gasteiger partial charge in [0.15, 0.2) is 0 Å². The van der Waals surface area contributed by atoms with Crippen molar-refractivity contribution in [3.05, 3.63) is 77.3 Å². The maximum absolute atomic E-state index is 5.54. The van der Waals surface area contributed by atoms with Gasteiger partial charge in [-0.25, -0.2) is 0 Å². The molecule has 0 aromatic heterocycles. The highest BCUT2D eigenvalue weighted by molar-refractivity contribution is 6.27. The monoisotopic (exact) mass is 278 g/mol. The summed E-state index contributed by atoms with van der Waals surface area (Å²) in [6.45, 7) is 0. The van der Waals surface area contributed by atoms with Gasteiger partial charge in [-0.15, -0.1) is 11.6 Å². The summed E-state index contributed by atoms with van der Waals surface area (Å²) >= 11 is 10.9. The van der Waals surface area contributed by atoms with Crippen molar-refractivity contribution in [2.24, 2.45) is 0 Å². The molecule has 0 fully saturated rings. The van der Waals surface area contributed by atoms with Crippen molar-refractivity contribution in [3.8, 4) is 0 Å². The van der Waals surface area contributed by atoms with Crippen LogP contribution in [0, 0.1) is 0 Å². The normalized spacial score (nSPS) is 9.89. The van der Waals surface area contributed by atoms with Gasteiger partial charge in [0.25, 0.3) is 0 Å². The average Bonchev–Trinajstić information content (AvgIpc) is 2.43. The second-order valence-electron chi connectivity index (χ2n) is 3.63. The van der Waals surface area contributed by atoms with Crippen molar-refractivity contribution in [2.75, 3.05) is 5.88 Å². The summed E-state index contributed by atoms with van der Waals surface area (Å²) in [7, 11) is 0. The SMILES string of the molecule is ClC=Cc1ccccc1.ClCCc1ccccc1. The molecule has 0 spiro atoms. The quantitative estimate of drug-likeness (QED) is 0.663. The minimum atomic E-state index is 0.712. The van der Waals surface area contributed by atoms with Crippen LogP contribution in [0.25, 0.3) is 6.08 Å². The molecule has 2 aromatic carbocycles. The zero-order chi connectivity index (χ0) is 13.1. The van der Waals surface area contributed by atoms with Gasteiger partial charge in [0.2, 0.25) is 0 Å². The Labute approximate surface area is 119 Å². The largest absolute Gasteiger partial charge is 0.126 e. The molecule has 0 atom stereocenters. The van der Waals surface area contributed by atoms with Gasteiger partial charge in [0.05, 0.1) is 0 Å². The highest BCUT2D eigenvalue weighted by Gasteiger charge is 1.85. The van der Waals surface area contributed by atoms with Gasteiger partial charge >= 0.3 is 0 Å². The number of hydrogen-bond acceptors (Lipinski definition) is 0. The van der Waals surface area contributed by atoms with Crippen molar-refractivity contribution >= 4 is 29.3 Å². The highest BCUT2D eigenvalue weighted by atomic mass is 35.5. The first-order chi connectivity index (χ1) is 8.86.